The Morgan fingerprint density at radius 2 is 1.78 bits per heavy atom. The first-order valence-electron chi connectivity index (χ1n) is 11.9. The van der Waals surface area contributed by atoms with Gasteiger partial charge in [0.1, 0.15) is 4.70 Å². The monoisotopic (exact) mass is 520 g/mol. The van der Waals surface area contributed by atoms with Gasteiger partial charge in [-0.15, -0.1) is 21.5 Å². The second-order valence-corrected chi connectivity index (χ2v) is 10.4. The van der Waals surface area contributed by atoms with Crippen molar-refractivity contribution in [3.8, 4) is 11.5 Å². The van der Waals surface area contributed by atoms with Crippen LogP contribution in [0.4, 0.5) is 0 Å². The fraction of sp³-hybridized carbons (Fsp3) is 0.296. The number of aryl methyl sites for hydroxylation is 2. The predicted octanol–water partition coefficient (Wildman–Crippen LogP) is 5.86. The number of benzene rings is 2. The van der Waals surface area contributed by atoms with Crippen molar-refractivity contribution in [3.05, 3.63) is 80.5 Å². The molecule has 5 aromatic rings. The number of hydrogen-bond acceptors (Lipinski definition) is 7. The minimum atomic E-state index is -0.0715. The highest BCUT2D eigenvalue weighted by Crippen LogP contribution is 2.30. The maximum Gasteiger partial charge on any atom is 0.273 e. The van der Waals surface area contributed by atoms with Crippen LogP contribution >= 0.6 is 23.1 Å². The lowest BCUT2D eigenvalue weighted by molar-refractivity contribution is 0.287. The number of rotatable bonds is 9. The molecule has 0 aliphatic heterocycles. The molecule has 2 aromatic carbocycles. The molecule has 0 aliphatic carbocycles. The maximum atomic E-state index is 13.5. The SMILES string of the molecule is CCOc1ccc(Cn2c(=O)c3sccc3n3c(SCc4cc(C)ccc4C)nnc23)cc1OCC. The van der Waals surface area contributed by atoms with Gasteiger partial charge in [-0.05, 0) is 68.0 Å². The zero-order chi connectivity index (χ0) is 25.2. The third-order valence-corrected chi connectivity index (χ3v) is 7.86. The topological polar surface area (TPSA) is 70.7 Å². The van der Waals surface area contributed by atoms with Crippen LogP contribution in [0.25, 0.3) is 16.0 Å². The van der Waals surface area contributed by atoms with Gasteiger partial charge in [0.2, 0.25) is 5.78 Å². The number of nitrogens with zero attached hydrogens (tertiary/aromatic N) is 4. The fourth-order valence-electron chi connectivity index (χ4n) is 4.21. The molecule has 186 valence electrons. The van der Waals surface area contributed by atoms with Gasteiger partial charge in [-0.2, -0.15) is 0 Å². The number of ether oxygens (including phenoxy) is 2. The normalized spacial score (nSPS) is 11.4. The highest BCUT2D eigenvalue weighted by atomic mass is 32.2. The lowest BCUT2D eigenvalue weighted by Crippen LogP contribution is -2.23. The van der Waals surface area contributed by atoms with E-state index < -0.39 is 0 Å². The van der Waals surface area contributed by atoms with E-state index in [9.17, 15) is 4.79 Å². The molecule has 0 fully saturated rings. The molecule has 0 bridgehead atoms. The van der Waals surface area contributed by atoms with Crippen molar-refractivity contribution in [2.24, 2.45) is 0 Å². The summed E-state index contributed by atoms with van der Waals surface area (Å²) in [5, 5.41) is 11.7. The van der Waals surface area contributed by atoms with E-state index in [2.05, 4.69) is 42.2 Å². The molecule has 3 heterocycles. The van der Waals surface area contributed by atoms with Gasteiger partial charge in [0, 0.05) is 5.75 Å². The van der Waals surface area contributed by atoms with Crippen molar-refractivity contribution in [3.63, 3.8) is 0 Å². The van der Waals surface area contributed by atoms with E-state index in [1.165, 1.54) is 28.0 Å². The average Bonchev–Trinajstić information content (AvgIpc) is 3.51. The largest absolute Gasteiger partial charge is 0.490 e. The van der Waals surface area contributed by atoms with Crippen LogP contribution in [0.3, 0.4) is 0 Å². The summed E-state index contributed by atoms with van der Waals surface area (Å²) in [5.41, 5.74) is 5.45. The van der Waals surface area contributed by atoms with E-state index in [1.54, 1.807) is 16.3 Å². The molecule has 7 nitrogen and oxygen atoms in total. The molecule has 0 saturated heterocycles. The number of thiophene rings is 1. The van der Waals surface area contributed by atoms with E-state index in [-0.39, 0.29) is 5.56 Å². The van der Waals surface area contributed by atoms with Crippen molar-refractivity contribution < 1.29 is 9.47 Å². The van der Waals surface area contributed by atoms with Crippen LogP contribution in [-0.4, -0.2) is 32.4 Å². The fourth-order valence-corrected chi connectivity index (χ4v) is 6.04. The molecule has 3 aromatic heterocycles. The summed E-state index contributed by atoms with van der Waals surface area (Å²) in [7, 11) is 0. The zero-order valence-electron chi connectivity index (χ0n) is 20.8. The Bertz CT molecular complexity index is 1600. The van der Waals surface area contributed by atoms with Crippen LogP contribution < -0.4 is 15.0 Å². The molecular weight excluding hydrogens is 492 g/mol. The third kappa shape index (κ3) is 4.60. The van der Waals surface area contributed by atoms with Gasteiger partial charge in [0.25, 0.3) is 5.56 Å². The van der Waals surface area contributed by atoms with Crippen LogP contribution in [0.2, 0.25) is 0 Å². The molecule has 36 heavy (non-hydrogen) atoms. The lowest BCUT2D eigenvalue weighted by atomic mass is 10.1. The van der Waals surface area contributed by atoms with Gasteiger partial charge < -0.3 is 9.47 Å². The Kier molecular flexibility index (Phi) is 7.02. The lowest BCUT2D eigenvalue weighted by Gasteiger charge is -2.14. The Labute approximate surface area is 217 Å². The summed E-state index contributed by atoms with van der Waals surface area (Å²) < 4.78 is 15.9. The molecule has 9 heteroatoms. The highest BCUT2D eigenvalue weighted by Gasteiger charge is 2.19. The van der Waals surface area contributed by atoms with Crippen LogP contribution in [0.1, 0.15) is 36.1 Å². The molecule has 0 radical (unpaired) electrons. The van der Waals surface area contributed by atoms with Crippen LogP contribution in [0, 0.1) is 13.8 Å². The van der Waals surface area contributed by atoms with Crippen molar-refractivity contribution in [1.82, 2.24) is 19.2 Å². The summed E-state index contributed by atoms with van der Waals surface area (Å²) >= 11 is 3.07. The number of aromatic nitrogens is 4. The summed E-state index contributed by atoms with van der Waals surface area (Å²) in [6, 6.07) is 14.2. The van der Waals surface area contributed by atoms with Gasteiger partial charge in [-0.1, -0.05) is 41.6 Å². The molecule has 0 aliphatic rings. The standard InChI is InChI=1S/C27H28N4O3S2/c1-5-33-22-10-9-19(14-23(22)34-6-2)15-30-25(32)24-21(11-12-35-24)31-26(30)28-29-27(31)36-16-20-13-17(3)7-8-18(20)4/h7-14H,5-6,15-16H2,1-4H3. The molecule has 0 amide bonds. The van der Waals surface area contributed by atoms with Crippen LogP contribution in [-0.2, 0) is 12.3 Å². The van der Waals surface area contributed by atoms with E-state index in [0.29, 0.717) is 41.7 Å². The maximum absolute atomic E-state index is 13.5. The van der Waals surface area contributed by atoms with Crippen LogP contribution in [0.15, 0.2) is 57.8 Å². The number of hydrogen-bond donors (Lipinski definition) is 0. The van der Waals surface area contributed by atoms with Crippen molar-refractivity contribution >= 4 is 39.1 Å². The van der Waals surface area contributed by atoms with E-state index >= 15 is 0 Å². The highest BCUT2D eigenvalue weighted by molar-refractivity contribution is 7.98. The predicted molar refractivity (Wildman–Crippen MR) is 146 cm³/mol. The first kappa shape index (κ1) is 24.4. The van der Waals surface area contributed by atoms with E-state index in [0.717, 1.165) is 22.0 Å². The van der Waals surface area contributed by atoms with Crippen molar-refractivity contribution in [1.29, 1.82) is 0 Å². The summed E-state index contributed by atoms with van der Waals surface area (Å²) in [6.45, 7) is 9.54. The number of fused-ring (bicyclic) bond motifs is 3. The minimum Gasteiger partial charge on any atom is -0.490 e. The minimum absolute atomic E-state index is 0.0715. The molecule has 5 rings (SSSR count). The van der Waals surface area contributed by atoms with E-state index in [1.807, 2.05) is 47.9 Å². The Morgan fingerprint density at radius 3 is 2.58 bits per heavy atom. The van der Waals surface area contributed by atoms with Crippen LogP contribution in [0.5, 0.6) is 11.5 Å². The summed E-state index contributed by atoms with van der Waals surface area (Å²) in [4.78, 5) is 13.5. The number of thioether (sulfide) groups is 1. The van der Waals surface area contributed by atoms with Gasteiger partial charge in [-0.25, -0.2) is 0 Å². The second kappa shape index (κ2) is 10.4. The Morgan fingerprint density at radius 1 is 0.972 bits per heavy atom. The first-order valence-corrected chi connectivity index (χ1v) is 13.8. The second-order valence-electron chi connectivity index (χ2n) is 8.51. The molecule has 0 unspecified atom stereocenters. The molecule has 0 atom stereocenters. The van der Waals surface area contributed by atoms with Crippen molar-refractivity contribution in [2.75, 3.05) is 13.2 Å². The average molecular weight is 521 g/mol. The van der Waals surface area contributed by atoms with Gasteiger partial charge in [0.15, 0.2) is 16.7 Å². The van der Waals surface area contributed by atoms with E-state index in [4.69, 9.17) is 9.47 Å². The summed E-state index contributed by atoms with van der Waals surface area (Å²) in [5.74, 6) is 2.67. The Balaban J connectivity index is 1.56. The smallest absolute Gasteiger partial charge is 0.273 e. The van der Waals surface area contributed by atoms with Gasteiger partial charge in [0.05, 0.1) is 25.3 Å². The molecule has 0 saturated carbocycles. The molecule has 0 N–H and O–H groups in total. The third-order valence-electron chi connectivity index (χ3n) is 5.99. The molecular formula is C27H28N4O3S2. The first-order chi connectivity index (χ1) is 17.5. The summed E-state index contributed by atoms with van der Waals surface area (Å²) in [6.07, 6.45) is 0. The van der Waals surface area contributed by atoms with Gasteiger partial charge in [-0.3, -0.25) is 13.8 Å². The molecule has 0 spiro atoms. The van der Waals surface area contributed by atoms with Crippen molar-refractivity contribution in [2.45, 2.75) is 45.1 Å². The zero-order valence-corrected chi connectivity index (χ0v) is 22.4. The van der Waals surface area contributed by atoms with Gasteiger partial charge >= 0.3 is 0 Å². The quantitative estimate of drug-likeness (QED) is 0.227. The Hall–Kier alpha value is -3.30.